The van der Waals surface area contributed by atoms with Gasteiger partial charge in [-0.1, -0.05) is 27.2 Å². The zero-order chi connectivity index (χ0) is 10.1. The van der Waals surface area contributed by atoms with Gasteiger partial charge in [-0.3, -0.25) is 0 Å². The lowest BCUT2D eigenvalue weighted by Crippen LogP contribution is -2.43. The van der Waals surface area contributed by atoms with Crippen molar-refractivity contribution in [2.45, 2.75) is 65.0 Å². The summed E-state index contributed by atoms with van der Waals surface area (Å²) in [5, 5.41) is 3.85. The second-order valence-corrected chi connectivity index (χ2v) is 5.87. The van der Waals surface area contributed by atoms with E-state index in [-0.39, 0.29) is 0 Å². The summed E-state index contributed by atoms with van der Waals surface area (Å²) in [6, 6.07) is 1.71. The van der Waals surface area contributed by atoms with Gasteiger partial charge in [0, 0.05) is 12.1 Å². The molecule has 0 spiro atoms. The number of hydrogen-bond donors (Lipinski definition) is 1. The predicted molar refractivity (Wildman–Crippen MR) is 61.3 cm³/mol. The molecule has 2 rings (SSSR count). The molecule has 0 bridgehead atoms. The Kier molecular flexibility index (Phi) is 3.16. The molecule has 0 amide bonds. The van der Waals surface area contributed by atoms with Crippen molar-refractivity contribution >= 4 is 0 Å². The van der Waals surface area contributed by atoms with E-state index in [0.717, 1.165) is 29.8 Å². The normalized spacial score (nSPS) is 39.0. The van der Waals surface area contributed by atoms with Crippen molar-refractivity contribution in [2.24, 2.45) is 17.8 Å². The van der Waals surface area contributed by atoms with E-state index < -0.39 is 0 Å². The topological polar surface area (TPSA) is 12.0 Å². The van der Waals surface area contributed by atoms with E-state index in [9.17, 15) is 0 Å². The highest BCUT2D eigenvalue weighted by molar-refractivity contribution is 4.91. The van der Waals surface area contributed by atoms with Crippen LogP contribution in [0.15, 0.2) is 0 Å². The Bertz CT molecular complexity index is 182. The smallest absolute Gasteiger partial charge is 0.0103 e. The average molecular weight is 195 g/mol. The van der Waals surface area contributed by atoms with Crippen LogP contribution in [0, 0.1) is 17.8 Å². The third-order valence-electron chi connectivity index (χ3n) is 4.05. The molecule has 0 radical (unpaired) electrons. The fourth-order valence-electron chi connectivity index (χ4n) is 2.95. The molecule has 82 valence electrons. The van der Waals surface area contributed by atoms with Gasteiger partial charge in [-0.2, -0.15) is 0 Å². The predicted octanol–water partition coefficient (Wildman–Crippen LogP) is 3.20. The van der Waals surface area contributed by atoms with Crippen LogP contribution in [-0.2, 0) is 0 Å². The summed E-state index contributed by atoms with van der Waals surface area (Å²) in [5.74, 6) is 2.74. The van der Waals surface area contributed by atoms with Crippen LogP contribution < -0.4 is 5.32 Å². The highest BCUT2D eigenvalue weighted by atomic mass is 15.0. The minimum atomic E-state index is 0.825. The van der Waals surface area contributed by atoms with Crippen molar-refractivity contribution in [3.8, 4) is 0 Å². The molecule has 0 aromatic carbocycles. The van der Waals surface area contributed by atoms with E-state index >= 15 is 0 Å². The summed E-state index contributed by atoms with van der Waals surface area (Å²) in [6.07, 6.45) is 7.17. The third-order valence-corrected chi connectivity index (χ3v) is 4.05. The largest absolute Gasteiger partial charge is 0.311 e. The van der Waals surface area contributed by atoms with Gasteiger partial charge in [0.05, 0.1) is 0 Å². The van der Waals surface area contributed by atoms with E-state index in [1.54, 1.807) is 0 Å². The minimum Gasteiger partial charge on any atom is -0.311 e. The Morgan fingerprint density at radius 1 is 1.07 bits per heavy atom. The van der Waals surface area contributed by atoms with Crippen LogP contribution in [0.3, 0.4) is 0 Å². The SMILES string of the molecule is CC(C)[C@H]1CC[C@@H](C)C[C@H]1NC1CC1. The molecule has 2 aliphatic rings. The summed E-state index contributed by atoms with van der Waals surface area (Å²) in [5.41, 5.74) is 0. The maximum atomic E-state index is 3.85. The lowest BCUT2D eigenvalue weighted by atomic mass is 9.74. The summed E-state index contributed by atoms with van der Waals surface area (Å²) < 4.78 is 0. The second kappa shape index (κ2) is 4.22. The zero-order valence-corrected chi connectivity index (χ0v) is 9.92. The van der Waals surface area contributed by atoms with Gasteiger partial charge >= 0.3 is 0 Å². The van der Waals surface area contributed by atoms with Crippen molar-refractivity contribution in [2.75, 3.05) is 0 Å². The lowest BCUT2D eigenvalue weighted by molar-refractivity contribution is 0.169. The van der Waals surface area contributed by atoms with Crippen molar-refractivity contribution in [1.82, 2.24) is 5.32 Å². The Balaban J connectivity index is 1.91. The third kappa shape index (κ3) is 2.50. The molecule has 0 unspecified atom stereocenters. The Labute approximate surface area is 88.7 Å². The molecule has 0 heterocycles. The Morgan fingerprint density at radius 3 is 2.36 bits per heavy atom. The van der Waals surface area contributed by atoms with Gasteiger partial charge in [-0.05, 0) is 43.4 Å². The minimum absolute atomic E-state index is 0.825. The lowest BCUT2D eigenvalue weighted by Gasteiger charge is -2.38. The van der Waals surface area contributed by atoms with Gasteiger partial charge < -0.3 is 5.32 Å². The summed E-state index contributed by atoms with van der Waals surface area (Å²) >= 11 is 0. The summed E-state index contributed by atoms with van der Waals surface area (Å²) in [4.78, 5) is 0. The van der Waals surface area contributed by atoms with Crippen LogP contribution in [0.25, 0.3) is 0 Å². The molecule has 3 atom stereocenters. The molecule has 2 aliphatic carbocycles. The van der Waals surface area contributed by atoms with Crippen LogP contribution in [0.5, 0.6) is 0 Å². The Hall–Kier alpha value is -0.0400. The fraction of sp³-hybridized carbons (Fsp3) is 1.00. The summed E-state index contributed by atoms with van der Waals surface area (Å²) in [6.45, 7) is 7.20. The van der Waals surface area contributed by atoms with Crippen LogP contribution >= 0.6 is 0 Å². The van der Waals surface area contributed by atoms with Crippen LogP contribution in [-0.4, -0.2) is 12.1 Å². The van der Waals surface area contributed by atoms with E-state index in [1.807, 2.05) is 0 Å². The van der Waals surface area contributed by atoms with E-state index in [0.29, 0.717) is 0 Å². The highest BCUT2D eigenvalue weighted by Gasteiger charge is 2.34. The van der Waals surface area contributed by atoms with Crippen LogP contribution in [0.2, 0.25) is 0 Å². The first kappa shape index (κ1) is 10.5. The molecule has 1 heteroatoms. The molecule has 2 fully saturated rings. The first-order valence-corrected chi connectivity index (χ1v) is 6.43. The molecule has 0 aromatic rings. The Morgan fingerprint density at radius 2 is 1.79 bits per heavy atom. The summed E-state index contributed by atoms with van der Waals surface area (Å²) in [7, 11) is 0. The molecule has 1 N–H and O–H groups in total. The molecule has 0 aliphatic heterocycles. The van der Waals surface area contributed by atoms with E-state index in [4.69, 9.17) is 0 Å². The molecule has 14 heavy (non-hydrogen) atoms. The number of nitrogens with one attached hydrogen (secondary N) is 1. The monoisotopic (exact) mass is 195 g/mol. The molecular formula is C13H25N. The standard InChI is InChI=1S/C13H25N/c1-9(2)12-7-4-10(3)8-13(12)14-11-5-6-11/h9-14H,4-8H2,1-3H3/t10-,12-,13-/m1/s1. The number of hydrogen-bond acceptors (Lipinski definition) is 1. The molecular weight excluding hydrogens is 170 g/mol. The van der Waals surface area contributed by atoms with Crippen LogP contribution in [0.4, 0.5) is 0 Å². The highest BCUT2D eigenvalue weighted by Crippen LogP contribution is 2.35. The molecule has 0 saturated heterocycles. The van der Waals surface area contributed by atoms with Gasteiger partial charge in [0.25, 0.3) is 0 Å². The van der Waals surface area contributed by atoms with Gasteiger partial charge in [0.1, 0.15) is 0 Å². The quantitative estimate of drug-likeness (QED) is 0.729. The zero-order valence-electron chi connectivity index (χ0n) is 9.92. The average Bonchev–Trinajstić information content (AvgIpc) is 2.87. The first-order valence-electron chi connectivity index (χ1n) is 6.43. The van der Waals surface area contributed by atoms with E-state index in [1.165, 1.54) is 32.1 Å². The molecule has 0 aromatic heterocycles. The van der Waals surface area contributed by atoms with Gasteiger partial charge in [-0.25, -0.2) is 0 Å². The first-order chi connectivity index (χ1) is 6.66. The van der Waals surface area contributed by atoms with Gasteiger partial charge in [0.15, 0.2) is 0 Å². The second-order valence-electron chi connectivity index (χ2n) is 5.87. The maximum absolute atomic E-state index is 3.85. The molecule has 2 saturated carbocycles. The van der Waals surface area contributed by atoms with Crippen molar-refractivity contribution in [3.63, 3.8) is 0 Å². The maximum Gasteiger partial charge on any atom is 0.0103 e. The van der Waals surface area contributed by atoms with Gasteiger partial charge in [0.2, 0.25) is 0 Å². The number of rotatable bonds is 3. The van der Waals surface area contributed by atoms with Crippen molar-refractivity contribution in [3.05, 3.63) is 0 Å². The van der Waals surface area contributed by atoms with Crippen molar-refractivity contribution < 1.29 is 0 Å². The fourth-order valence-corrected chi connectivity index (χ4v) is 2.95. The van der Waals surface area contributed by atoms with Crippen LogP contribution in [0.1, 0.15) is 52.9 Å². The van der Waals surface area contributed by atoms with Crippen molar-refractivity contribution in [1.29, 1.82) is 0 Å². The molecule has 1 nitrogen and oxygen atoms in total. The van der Waals surface area contributed by atoms with Gasteiger partial charge in [-0.15, -0.1) is 0 Å². The van der Waals surface area contributed by atoms with E-state index in [2.05, 4.69) is 26.1 Å².